The summed E-state index contributed by atoms with van der Waals surface area (Å²) in [5, 5.41) is 10.2. The number of halogens is 1. The lowest BCUT2D eigenvalue weighted by molar-refractivity contribution is 0.247. The van der Waals surface area contributed by atoms with Gasteiger partial charge in [-0.1, -0.05) is 23.7 Å². The predicted octanol–water partition coefficient (Wildman–Crippen LogP) is 3.81. The summed E-state index contributed by atoms with van der Waals surface area (Å²) in [6.07, 6.45) is 1.54. The molecule has 0 aliphatic rings. The number of fused-ring (bicyclic) bond motifs is 1. The highest BCUT2D eigenvalue weighted by molar-refractivity contribution is 6.29. The van der Waals surface area contributed by atoms with E-state index in [1.54, 1.807) is 42.0 Å². The van der Waals surface area contributed by atoms with Crippen LogP contribution in [0, 0.1) is 0 Å². The molecule has 0 bridgehead atoms. The highest BCUT2D eigenvalue weighted by Gasteiger charge is 2.16. The van der Waals surface area contributed by atoms with Gasteiger partial charge in [-0.3, -0.25) is 0 Å². The number of urea groups is 1. The summed E-state index contributed by atoms with van der Waals surface area (Å²) in [6, 6.07) is 16.2. The highest BCUT2D eigenvalue weighted by atomic mass is 35.5. The van der Waals surface area contributed by atoms with Gasteiger partial charge in [-0.25, -0.2) is 9.78 Å². The minimum Gasteiger partial charge on any atom is -0.497 e. The smallest absolute Gasteiger partial charge is 0.319 e. The van der Waals surface area contributed by atoms with E-state index in [4.69, 9.17) is 26.8 Å². The summed E-state index contributed by atoms with van der Waals surface area (Å²) >= 11 is 6.30. The van der Waals surface area contributed by atoms with Crippen molar-refractivity contribution >= 4 is 40.5 Å². The SMILES string of the molecule is COc1ccc(CN(C)c2cc(Cl)nc3c(NC(=O)NCCOc4ccc(N)cc4)cnn23)cc1. The molecule has 11 heteroatoms. The number of carbonyl (C=O) groups is 1. The van der Waals surface area contributed by atoms with Gasteiger partial charge in [0.1, 0.15) is 34.8 Å². The topological polar surface area (TPSA) is 119 Å². The first-order chi connectivity index (χ1) is 16.9. The average molecular weight is 496 g/mol. The van der Waals surface area contributed by atoms with Crippen LogP contribution < -0.4 is 30.7 Å². The second-order valence-electron chi connectivity index (χ2n) is 7.73. The van der Waals surface area contributed by atoms with Gasteiger partial charge in [-0.15, -0.1) is 0 Å². The largest absolute Gasteiger partial charge is 0.497 e. The lowest BCUT2D eigenvalue weighted by Crippen LogP contribution is -2.32. The Morgan fingerprint density at radius 3 is 2.57 bits per heavy atom. The van der Waals surface area contributed by atoms with Crippen LogP contribution >= 0.6 is 11.6 Å². The van der Waals surface area contributed by atoms with Crippen LogP contribution in [0.3, 0.4) is 0 Å². The lowest BCUT2D eigenvalue weighted by Gasteiger charge is -2.20. The molecule has 0 saturated carbocycles. The van der Waals surface area contributed by atoms with Crippen molar-refractivity contribution in [2.45, 2.75) is 6.54 Å². The zero-order valence-electron chi connectivity index (χ0n) is 19.4. The van der Waals surface area contributed by atoms with E-state index in [0.29, 0.717) is 42.5 Å². The molecule has 0 aliphatic carbocycles. The van der Waals surface area contributed by atoms with Crippen molar-refractivity contribution in [1.29, 1.82) is 0 Å². The molecule has 4 N–H and O–H groups in total. The van der Waals surface area contributed by atoms with Crippen LogP contribution in [-0.4, -0.2) is 47.9 Å². The highest BCUT2D eigenvalue weighted by Crippen LogP contribution is 2.25. The van der Waals surface area contributed by atoms with Crippen molar-refractivity contribution < 1.29 is 14.3 Å². The number of nitrogens with one attached hydrogen (secondary N) is 2. The summed E-state index contributed by atoms with van der Waals surface area (Å²) in [7, 11) is 3.56. The Balaban J connectivity index is 1.39. The molecule has 35 heavy (non-hydrogen) atoms. The summed E-state index contributed by atoms with van der Waals surface area (Å²) < 4.78 is 12.4. The van der Waals surface area contributed by atoms with E-state index >= 15 is 0 Å². The maximum Gasteiger partial charge on any atom is 0.319 e. The number of anilines is 3. The van der Waals surface area contributed by atoms with Gasteiger partial charge in [-0.05, 0) is 42.0 Å². The predicted molar refractivity (Wildman–Crippen MR) is 136 cm³/mol. The average Bonchev–Trinajstić information content (AvgIpc) is 3.25. The monoisotopic (exact) mass is 495 g/mol. The number of hydrogen-bond donors (Lipinski definition) is 3. The molecule has 2 amide bonds. The molecule has 2 aromatic heterocycles. The van der Waals surface area contributed by atoms with Gasteiger partial charge in [0.05, 0.1) is 19.9 Å². The van der Waals surface area contributed by atoms with Crippen molar-refractivity contribution in [2.24, 2.45) is 0 Å². The zero-order chi connectivity index (χ0) is 24.8. The first-order valence-corrected chi connectivity index (χ1v) is 11.2. The minimum absolute atomic E-state index is 0.287. The Labute approximate surface area is 207 Å². The van der Waals surface area contributed by atoms with Crippen LogP contribution in [0.2, 0.25) is 5.15 Å². The Hall–Kier alpha value is -4.18. The zero-order valence-corrected chi connectivity index (χ0v) is 20.1. The van der Waals surface area contributed by atoms with E-state index in [0.717, 1.165) is 17.1 Å². The molecule has 0 radical (unpaired) electrons. The Kier molecular flexibility index (Phi) is 7.41. The standard InChI is InChI=1S/C24H26ClN7O3/c1-31(15-16-3-7-18(34-2)8-4-16)22-13-21(25)30-23-20(14-28-32(22)23)29-24(33)27-11-12-35-19-9-5-17(26)6-10-19/h3-10,13-14H,11-12,15,26H2,1-2H3,(H2,27,29,33). The number of amides is 2. The van der Waals surface area contributed by atoms with E-state index in [-0.39, 0.29) is 5.15 Å². The minimum atomic E-state index is -0.407. The van der Waals surface area contributed by atoms with E-state index in [2.05, 4.69) is 20.7 Å². The van der Waals surface area contributed by atoms with Crippen LogP contribution in [-0.2, 0) is 6.54 Å². The van der Waals surface area contributed by atoms with Crippen LogP contribution in [0.1, 0.15) is 5.56 Å². The number of nitrogen functional groups attached to an aromatic ring is 1. The van der Waals surface area contributed by atoms with Crippen LogP contribution in [0.25, 0.3) is 5.65 Å². The number of ether oxygens (including phenoxy) is 2. The van der Waals surface area contributed by atoms with E-state index in [1.165, 1.54) is 6.20 Å². The first-order valence-electron chi connectivity index (χ1n) is 10.8. The molecule has 0 fully saturated rings. The van der Waals surface area contributed by atoms with Gasteiger partial charge in [-0.2, -0.15) is 9.61 Å². The summed E-state index contributed by atoms with van der Waals surface area (Å²) in [6.45, 7) is 1.21. The fourth-order valence-electron chi connectivity index (χ4n) is 3.43. The summed E-state index contributed by atoms with van der Waals surface area (Å²) in [5.41, 5.74) is 8.27. The van der Waals surface area contributed by atoms with Crippen molar-refractivity contribution in [3.05, 3.63) is 71.5 Å². The number of nitrogens with zero attached hydrogens (tertiary/aromatic N) is 4. The molecule has 0 unspecified atom stereocenters. The summed E-state index contributed by atoms with van der Waals surface area (Å²) in [4.78, 5) is 18.7. The summed E-state index contributed by atoms with van der Waals surface area (Å²) in [5.74, 6) is 2.19. The molecule has 182 valence electrons. The van der Waals surface area contributed by atoms with Gasteiger partial charge >= 0.3 is 6.03 Å². The third kappa shape index (κ3) is 6.04. The maximum absolute atomic E-state index is 12.4. The quantitative estimate of drug-likeness (QED) is 0.183. The Morgan fingerprint density at radius 1 is 1.14 bits per heavy atom. The number of carbonyl (C=O) groups excluding carboxylic acids is 1. The van der Waals surface area contributed by atoms with Crippen molar-refractivity contribution in [3.63, 3.8) is 0 Å². The molecular weight excluding hydrogens is 470 g/mol. The molecule has 10 nitrogen and oxygen atoms in total. The second-order valence-corrected chi connectivity index (χ2v) is 8.12. The molecule has 0 atom stereocenters. The van der Waals surface area contributed by atoms with E-state index < -0.39 is 6.03 Å². The number of methoxy groups -OCH3 is 1. The fraction of sp³-hybridized carbons (Fsp3) is 0.208. The van der Waals surface area contributed by atoms with E-state index in [1.807, 2.05) is 36.2 Å². The molecule has 4 aromatic rings. The Morgan fingerprint density at radius 2 is 1.86 bits per heavy atom. The number of nitrogens with two attached hydrogens (primary N) is 1. The third-order valence-corrected chi connectivity index (χ3v) is 5.37. The molecular formula is C24H26ClN7O3. The maximum atomic E-state index is 12.4. The number of rotatable bonds is 9. The van der Waals surface area contributed by atoms with Gasteiger partial charge in [0.2, 0.25) is 0 Å². The molecule has 0 saturated heterocycles. The lowest BCUT2D eigenvalue weighted by atomic mass is 10.2. The third-order valence-electron chi connectivity index (χ3n) is 5.18. The first kappa shape index (κ1) is 24.0. The van der Waals surface area contributed by atoms with Crippen molar-refractivity contribution in [1.82, 2.24) is 19.9 Å². The van der Waals surface area contributed by atoms with Gasteiger partial charge in [0.15, 0.2) is 5.65 Å². The van der Waals surface area contributed by atoms with Crippen molar-refractivity contribution in [2.75, 3.05) is 43.3 Å². The van der Waals surface area contributed by atoms with Crippen LogP contribution in [0.5, 0.6) is 11.5 Å². The van der Waals surface area contributed by atoms with Crippen LogP contribution in [0.4, 0.5) is 22.0 Å². The second kappa shape index (κ2) is 10.8. The van der Waals surface area contributed by atoms with Gasteiger partial charge in [0.25, 0.3) is 0 Å². The molecule has 2 heterocycles. The normalized spacial score (nSPS) is 10.7. The van der Waals surface area contributed by atoms with Crippen LogP contribution in [0.15, 0.2) is 60.8 Å². The molecule has 4 rings (SSSR count). The van der Waals surface area contributed by atoms with Gasteiger partial charge in [0, 0.05) is 25.3 Å². The van der Waals surface area contributed by atoms with E-state index in [9.17, 15) is 4.79 Å². The van der Waals surface area contributed by atoms with Crippen molar-refractivity contribution in [3.8, 4) is 11.5 Å². The fourth-order valence-corrected chi connectivity index (χ4v) is 3.61. The molecule has 2 aromatic carbocycles. The Bertz CT molecular complexity index is 1290. The number of benzene rings is 2. The number of aromatic nitrogens is 3. The van der Waals surface area contributed by atoms with Gasteiger partial charge < -0.3 is 30.7 Å². The number of hydrogen-bond acceptors (Lipinski definition) is 7. The molecule has 0 aliphatic heterocycles. The molecule has 0 spiro atoms.